The van der Waals surface area contributed by atoms with E-state index in [-0.39, 0.29) is 11.4 Å². The molecule has 5 rings (SSSR count). The normalized spacial score (nSPS) is 12.6. The van der Waals surface area contributed by atoms with Crippen molar-refractivity contribution in [3.8, 4) is 0 Å². The Labute approximate surface area is 188 Å². The maximum atomic E-state index is 14.3. The Morgan fingerprint density at radius 3 is 1.58 bits per heavy atom. The van der Waals surface area contributed by atoms with E-state index in [1.54, 1.807) is 78.9 Å². The minimum Gasteiger partial charge on any atom is -0.351 e. The fourth-order valence-electron chi connectivity index (χ4n) is 3.72. The van der Waals surface area contributed by atoms with Crippen LogP contribution in [0, 0.1) is 11.6 Å². The van der Waals surface area contributed by atoms with Gasteiger partial charge in [0.2, 0.25) is 0 Å². The van der Waals surface area contributed by atoms with Gasteiger partial charge in [-0.05, 0) is 54.6 Å². The molecule has 4 aromatic carbocycles. The van der Waals surface area contributed by atoms with E-state index in [1.807, 2.05) is 0 Å². The summed E-state index contributed by atoms with van der Waals surface area (Å²) >= 11 is 0. The molecule has 7 heteroatoms. The Kier molecular flexibility index (Phi) is 5.06. The van der Waals surface area contributed by atoms with E-state index in [0.29, 0.717) is 28.2 Å². The van der Waals surface area contributed by atoms with Crippen LogP contribution in [-0.2, 0) is 0 Å². The van der Waals surface area contributed by atoms with Crippen LogP contribution in [0.2, 0.25) is 0 Å². The Morgan fingerprint density at radius 2 is 1.03 bits per heavy atom. The smallest absolute Gasteiger partial charge is 0.266 e. The van der Waals surface area contributed by atoms with Gasteiger partial charge in [-0.2, -0.15) is 0 Å². The lowest BCUT2D eigenvalue weighted by Crippen LogP contribution is -2.29. The lowest BCUT2D eigenvalue weighted by Gasteiger charge is -2.19. The first kappa shape index (κ1) is 20.4. The molecule has 0 spiro atoms. The Balaban J connectivity index is 1.57. The molecule has 1 aliphatic rings. The number of imide groups is 1. The summed E-state index contributed by atoms with van der Waals surface area (Å²) in [6.45, 7) is 0. The number of hydrogen-bond acceptors (Lipinski definition) is 4. The van der Waals surface area contributed by atoms with Crippen LogP contribution in [-0.4, -0.2) is 11.8 Å². The second kappa shape index (κ2) is 8.20. The molecule has 0 aromatic heterocycles. The van der Waals surface area contributed by atoms with Gasteiger partial charge in [-0.3, -0.25) is 9.59 Å². The van der Waals surface area contributed by atoms with Crippen LogP contribution >= 0.6 is 0 Å². The minimum absolute atomic E-state index is 0.189. The number of halogens is 2. The molecule has 1 aliphatic heterocycles. The number of benzene rings is 4. The van der Waals surface area contributed by atoms with Gasteiger partial charge in [-0.15, -0.1) is 0 Å². The Bertz CT molecular complexity index is 1370. The molecule has 0 fully saturated rings. The van der Waals surface area contributed by atoms with Crippen molar-refractivity contribution in [1.29, 1.82) is 0 Å². The lowest BCUT2D eigenvalue weighted by atomic mass is 10.1. The minimum atomic E-state index is -0.486. The summed E-state index contributed by atoms with van der Waals surface area (Å²) in [5, 5.41) is 5.98. The van der Waals surface area contributed by atoms with Crippen LogP contribution in [0.25, 0.3) is 0 Å². The van der Waals surface area contributed by atoms with E-state index < -0.39 is 23.4 Å². The SMILES string of the molecule is O=C1c2ccccc2C(=O)N1c1ccc(Nc2ccccc2F)c(Nc2ccccc2F)c1. The van der Waals surface area contributed by atoms with Crippen molar-refractivity contribution in [3.63, 3.8) is 0 Å². The molecule has 0 atom stereocenters. The number of hydrogen-bond donors (Lipinski definition) is 2. The first-order chi connectivity index (χ1) is 16.0. The van der Waals surface area contributed by atoms with Gasteiger partial charge in [-0.1, -0.05) is 36.4 Å². The zero-order valence-corrected chi connectivity index (χ0v) is 17.2. The summed E-state index contributed by atoms with van der Waals surface area (Å²) in [7, 11) is 0. The molecule has 162 valence electrons. The van der Waals surface area contributed by atoms with Crippen molar-refractivity contribution in [3.05, 3.63) is 114 Å². The quantitative estimate of drug-likeness (QED) is 0.359. The predicted molar refractivity (Wildman–Crippen MR) is 123 cm³/mol. The number of nitrogens with zero attached hydrogens (tertiary/aromatic N) is 1. The molecular formula is C26H17F2N3O2. The number of amides is 2. The van der Waals surface area contributed by atoms with Crippen molar-refractivity contribution in [1.82, 2.24) is 0 Å². The lowest BCUT2D eigenvalue weighted by molar-refractivity contribution is 0.0926. The van der Waals surface area contributed by atoms with Gasteiger partial charge in [0.25, 0.3) is 11.8 Å². The fraction of sp³-hybridized carbons (Fsp3) is 0. The maximum absolute atomic E-state index is 14.3. The first-order valence-electron chi connectivity index (χ1n) is 10.2. The molecule has 0 saturated heterocycles. The van der Waals surface area contributed by atoms with Gasteiger partial charge in [0, 0.05) is 0 Å². The van der Waals surface area contributed by atoms with Crippen molar-refractivity contribution in [2.45, 2.75) is 0 Å². The van der Waals surface area contributed by atoms with Gasteiger partial charge in [0.1, 0.15) is 11.6 Å². The van der Waals surface area contributed by atoms with Crippen LogP contribution < -0.4 is 15.5 Å². The molecule has 1 heterocycles. The molecule has 0 bridgehead atoms. The highest BCUT2D eigenvalue weighted by Gasteiger charge is 2.36. The topological polar surface area (TPSA) is 61.4 Å². The monoisotopic (exact) mass is 441 g/mol. The van der Waals surface area contributed by atoms with E-state index in [0.717, 1.165) is 4.90 Å². The molecule has 5 nitrogen and oxygen atoms in total. The van der Waals surface area contributed by atoms with Crippen LogP contribution in [0.4, 0.5) is 37.2 Å². The summed E-state index contributed by atoms with van der Waals surface area (Å²) < 4.78 is 28.6. The molecular weight excluding hydrogens is 424 g/mol. The molecule has 33 heavy (non-hydrogen) atoms. The van der Waals surface area contributed by atoms with Crippen molar-refractivity contribution >= 4 is 40.3 Å². The number of anilines is 5. The van der Waals surface area contributed by atoms with Gasteiger partial charge >= 0.3 is 0 Å². The first-order valence-corrected chi connectivity index (χ1v) is 10.2. The number of carbonyl (C=O) groups is 2. The maximum Gasteiger partial charge on any atom is 0.266 e. The average Bonchev–Trinajstić information content (AvgIpc) is 3.08. The second-order valence-corrected chi connectivity index (χ2v) is 7.43. The second-order valence-electron chi connectivity index (χ2n) is 7.43. The molecule has 2 N–H and O–H groups in total. The third-order valence-electron chi connectivity index (χ3n) is 5.34. The van der Waals surface area contributed by atoms with Gasteiger partial charge < -0.3 is 10.6 Å². The van der Waals surface area contributed by atoms with Crippen LogP contribution in [0.15, 0.2) is 91.0 Å². The fourth-order valence-corrected chi connectivity index (χ4v) is 3.72. The molecule has 0 saturated carbocycles. The average molecular weight is 441 g/mol. The molecule has 4 aromatic rings. The van der Waals surface area contributed by atoms with Crippen molar-refractivity contribution in [2.75, 3.05) is 15.5 Å². The molecule has 2 amide bonds. The van der Waals surface area contributed by atoms with E-state index >= 15 is 0 Å². The zero-order valence-electron chi connectivity index (χ0n) is 17.2. The van der Waals surface area contributed by atoms with Crippen molar-refractivity contribution in [2.24, 2.45) is 0 Å². The van der Waals surface area contributed by atoms with E-state index in [2.05, 4.69) is 10.6 Å². The van der Waals surface area contributed by atoms with E-state index in [9.17, 15) is 18.4 Å². The summed E-state index contributed by atoms with van der Waals surface area (Å²) in [4.78, 5) is 26.9. The van der Waals surface area contributed by atoms with Gasteiger partial charge in [0.05, 0.1) is 39.6 Å². The van der Waals surface area contributed by atoms with Crippen molar-refractivity contribution < 1.29 is 18.4 Å². The van der Waals surface area contributed by atoms with E-state index in [1.165, 1.54) is 12.1 Å². The number of nitrogens with one attached hydrogen (secondary N) is 2. The summed E-state index contributed by atoms with van der Waals surface area (Å²) in [5.74, 6) is -1.83. The number of fused-ring (bicyclic) bond motifs is 1. The Morgan fingerprint density at radius 1 is 0.545 bits per heavy atom. The third kappa shape index (κ3) is 3.70. The van der Waals surface area contributed by atoms with Crippen LogP contribution in [0.3, 0.4) is 0 Å². The highest BCUT2D eigenvalue weighted by atomic mass is 19.1. The highest BCUT2D eigenvalue weighted by molar-refractivity contribution is 6.34. The standard InChI is InChI=1S/C26H17F2N3O2/c27-19-9-3-5-11-21(19)29-23-14-13-16(15-24(23)30-22-12-6-4-10-20(22)28)31-25(32)17-7-1-2-8-18(17)26(31)33/h1-15,29-30H. The molecule has 0 aliphatic carbocycles. The number of para-hydroxylation sites is 2. The largest absolute Gasteiger partial charge is 0.351 e. The number of rotatable bonds is 5. The summed E-state index contributed by atoms with van der Waals surface area (Å²) in [5.41, 5.74) is 2.15. The van der Waals surface area contributed by atoms with Gasteiger partial charge in [-0.25, -0.2) is 13.7 Å². The van der Waals surface area contributed by atoms with Crippen LogP contribution in [0.5, 0.6) is 0 Å². The zero-order chi connectivity index (χ0) is 22.9. The summed E-state index contributed by atoms with van der Waals surface area (Å²) in [6.07, 6.45) is 0. The third-order valence-corrected chi connectivity index (χ3v) is 5.34. The Hall–Kier alpha value is -4.52. The highest BCUT2D eigenvalue weighted by Crippen LogP contribution is 2.36. The number of carbonyl (C=O) groups excluding carboxylic acids is 2. The molecule has 0 unspecified atom stereocenters. The van der Waals surface area contributed by atoms with E-state index in [4.69, 9.17) is 0 Å². The van der Waals surface area contributed by atoms with Gasteiger partial charge in [0.15, 0.2) is 0 Å². The van der Waals surface area contributed by atoms with Crippen LogP contribution in [0.1, 0.15) is 20.7 Å². The molecule has 0 radical (unpaired) electrons. The predicted octanol–water partition coefficient (Wildman–Crippen LogP) is 6.25. The summed E-state index contributed by atoms with van der Waals surface area (Å²) in [6, 6.07) is 23.6.